The summed E-state index contributed by atoms with van der Waals surface area (Å²) in [6.07, 6.45) is 14.6. The van der Waals surface area contributed by atoms with Crippen LogP contribution in [0.25, 0.3) is 0 Å². The molecule has 0 amide bonds. The SMILES string of the molecule is CN(C)c1cccc(Cc2c(C3CCC(C4C=CC=CC4)CC3)[nH]c(=O)[nH]c2=O)n1. The van der Waals surface area contributed by atoms with Gasteiger partial charge in [0.05, 0.1) is 0 Å². The van der Waals surface area contributed by atoms with Crippen LogP contribution in [0.15, 0.2) is 52.1 Å². The molecule has 2 heterocycles. The van der Waals surface area contributed by atoms with Crippen LogP contribution in [-0.2, 0) is 6.42 Å². The molecule has 0 spiro atoms. The highest BCUT2D eigenvalue weighted by atomic mass is 16.2. The maximum absolute atomic E-state index is 12.7. The smallest absolute Gasteiger partial charge is 0.325 e. The number of aromatic amines is 2. The van der Waals surface area contributed by atoms with Crippen LogP contribution in [0.4, 0.5) is 5.82 Å². The molecule has 0 aromatic carbocycles. The molecule has 1 unspecified atom stereocenters. The lowest BCUT2D eigenvalue weighted by Gasteiger charge is -2.33. The van der Waals surface area contributed by atoms with Crippen LogP contribution >= 0.6 is 0 Å². The molecule has 2 aromatic heterocycles. The summed E-state index contributed by atoms with van der Waals surface area (Å²) in [4.78, 5) is 36.7. The molecular formula is C24H30N4O2. The number of aromatic nitrogens is 3. The van der Waals surface area contributed by atoms with Crippen molar-refractivity contribution in [2.75, 3.05) is 19.0 Å². The first kappa shape index (κ1) is 20.4. The van der Waals surface area contributed by atoms with Gasteiger partial charge in [0.15, 0.2) is 0 Å². The van der Waals surface area contributed by atoms with Crippen molar-refractivity contribution < 1.29 is 0 Å². The van der Waals surface area contributed by atoms with Crippen molar-refractivity contribution in [1.29, 1.82) is 0 Å². The second kappa shape index (κ2) is 8.86. The molecular weight excluding hydrogens is 376 g/mol. The fraction of sp³-hybridized carbons (Fsp3) is 0.458. The summed E-state index contributed by atoms with van der Waals surface area (Å²) in [7, 11) is 3.89. The quantitative estimate of drug-likeness (QED) is 0.796. The zero-order valence-corrected chi connectivity index (χ0v) is 17.7. The first-order valence-electron chi connectivity index (χ1n) is 10.8. The third-order valence-corrected chi connectivity index (χ3v) is 6.48. The zero-order chi connectivity index (χ0) is 21.1. The zero-order valence-electron chi connectivity index (χ0n) is 17.7. The summed E-state index contributed by atoms with van der Waals surface area (Å²) >= 11 is 0. The highest BCUT2D eigenvalue weighted by Crippen LogP contribution is 2.40. The summed E-state index contributed by atoms with van der Waals surface area (Å²) in [5.41, 5.74) is 1.55. The number of H-pyrrole nitrogens is 2. The van der Waals surface area contributed by atoms with E-state index in [2.05, 4.69) is 39.3 Å². The lowest BCUT2D eigenvalue weighted by atomic mass is 9.72. The number of nitrogens with one attached hydrogen (secondary N) is 2. The maximum atomic E-state index is 12.7. The summed E-state index contributed by atoms with van der Waals surface area (Å²) in [6, 6.07) is 5.83. The van der Waals surface area contributed by atoms with Gasteiger partial charge < -0.3 is 9.88 Å². The summed E-state index contributed by atoms with van der Waals surface area (Å²) in [6.45, 7) is 0. The number of pyridine rings is 1. The third kappa shape index (κ3) is 4.48. The molecule has 2 aromatic rings. The third-order valence-electron chi connectivity index (χ3n) is 6.48. The average molecular weight is 407 g/mol. The number of nitrogens with zero attached hydrogens (tertiary/aromatic N) is 2. The minimum atomic E-state index is -0.420. The van der Waals surface area contributed by atoms with E-state index in [1.54, 1.807) is 0 Å². The van der Waals surface area contributed by atoms with Gasteiger partial charge >= 0.3 is 5.69 Å². The monoisotopic (exact) mass is 406 g/mol. The van der Waals surface area contributed by atoms with Crippen LogP contribution in [0, 0.1) is 11.8 Å². The van der Waals surface area contributed by atoms with Crippen molar-refractivity contribution >= 4 is 5.82 Å². The van der Waals surface area contributed by atoms with E-state index in [0.29, 0.717) is 23.8 Å². The Bertz CT molecular complexity index is 1060. The van der Waals surface area contributed by atoms with Crippen molar-refractivity contribution in [2.45, 2.75) is 44.4 Å². The predicted molar refractivity (Wildman–Crippen MR) is 120 cm³/mol. The van der Waals surface area contributed by atoms with Crippen molar-refractivity contribution in [1.82, 2.24) is 15.0 Å². The molecule has 2 N–H and O–H groups in total. The highest BCUT2D eigenvalue weighted by Gasteiger charge is 2.29. The standard InChI is InChI=1S/C24H30N4O2/c1-28(2)21-10-6-9-19(25-21)15-20-22(26-24(30)27-23(20)29)18-13-11-17(12-14-18)16-7-4-3-5-8-16/h3-7,9-10,16-18H,8,11-15H2,1-2H3,(H2,26,27,29,30). The number of anilines is 1. The molecule has 4 rings (SSSR count). The Labute approximate surface area is 176 Å². The molecule has 1 atom stereocenters. The topological polar surface area (TPSA) is 81.9 Å². The molecule has 2 aliphatic rings. The van der Waals surface area contributed by atoms with Crippen molar-refractivity contribution in [3.63, 3.8) is 0 Å². The van der Waals surface area contributed by atoms with Crippen LogP contribution in [0.2, 0.25) is 0 Å². The first-order chi connectivity index (χ1) is 14.5. The van der Waals surface area contributed by atoms with Gasteiger partial charge in [-0.05, 0) is 62.0 Å². The molecule has 6 nitrogen and oxygen atoms in total. The van der Waals surface area contributed by atoms with Crippen molar-refractivity contribution in [3.05, 3.63) is 80.3 Å². The summed E-state index contributed by atoms with van der Waals surface area (Å²) in [5, 5.41) is 0. The minimum Gasteiger partial charge on any atom is -0.363 e. The van der Waals surface area contributed by atoms with E-state index in [1.165, 1.54) is 0 Å². The Morgan fingerprint density at radius 3 is 2.57 bits per heavy atom. The average Bonchev–Trinajstić information content (AvgIpc) is 2.76. The van der Waals surface area contributed by atoms with Gasteiger partial charge in [0.1, 0.15) is 5.82 Å². The lowest BCUT2D eigenvalue weighted by molar-refractivity contribution is 0.262. The second-order valence-corrected chi connectivity index (χ2v) is 8.68. The Morgan fingerprint density at radius 2 is 1.87 bits per heavy atom. The maximum Gasteiger partial charge on any atom is 0.325 e. The Balaban J connectivity index is 1.56. The molecule has 158 valence electrons. The van der Waals surface area contributed by atoms with Gasteiger partial charge in [0.25, 0.3) is 5.56 Å². The van der Waals surface area contributed by atoms with Crippen LogP contribution in [-0.4, -0.2) is 29.0 Å². The van der Waals surface area contributed by atoms with Gasteiger partial charge in [0.2, 0.25) is 0 Å². The molecule has 1 saturated carbocycles. The second-order valence-electron chi connectivity index (χ2n) is 8.68. The van der Waals surface area contributed by atoms with Crippen molar-refractivity contribution in [3.8, 4) is 0 Å². The molecule has 2 aliphatic carbocycles. The molecule has 0 bridgehead atoms. The largest absolute Gasteiger partial charge is 0.363 e. The molecule has 6 heteroatoms. The Kier molecular flexibility index (Phi) is 6.02. The summed E-state index contributed by atoms with van der Waals surface area (Å²) < 4.78 is 0. The van der Waals surface area contributed by atoms with Crippen LogP contribution in [0.5, 0.6) is 0 Å². The van der Waals surface area contributed by atoms with Gasteiger partial charge in [-0.1, -0.05) is 30.4 Å². The number of hydrogen-bond donors (Lipinski definition) is 2. The lowest BCUT2D eigenvalue weighted by Crippen LogP contribution is -2.31. The summed E-state index contributed by atoms with van der Waals surface area (Å²) in [5.74, 6) is 2.36. The predicted octanol–water partition coefficient (Wildman–Crippen LogP) is 3.52. The van der Waals surface area contributed by atoms with E-state index in [1.807, 2.05) is 37.2 Å². The number of allylic oxidation sites excluding steroid dienone is 4. The van der Waals surface area contributed by atoms with E-state index < -0.39 is 5.69 Å². The number of hydrogen-bond acceptors (Lipinski definition) is 4. The van der Waals surface area contributed by atoms with Crippen LogP contribution < -0.4 is 16.1 Å². The first-order valence-corrected chi connectivity index (χ1v) is 10.8. The van der Waals surface area contributed by atoms with Gasteiger partial charge in [-0.25, -0.2) is 9.78 Å². The molecule has 0 saturated heterocycles. The molecule has 1 fully saturated rings. The Morgan fingerprint density at radius 1 is 1.07 bits per heavy atom. The van der Waals surface area contributed by atoms with Gasteiger partial charge in [-0.15, -0.1) is 0 Å². The normalized spacial score (nSPS) is 23.5. The van der Waals surface area contributed by atoms with Crippen molar-refractivity contribution in [2.24, 2.45) is 11.8 Å². The fourth-order valence-corrected chi connectivity index (χ4v) is 4.83. The molecule has 0 aliphatic heterocycles. The minimum absolute atomic E-state index is 0.214. The van der Waals surface area contributed by atoms with E-state index in [9.17, 15) is 9.59 Å². The van der Waals surface area contributed by atoms with Crippen LogP contribution in [0.1, 0.15) is 55.0 Å². The van der Waals surface area contributed by atoms with E-state index in [0.717, 1.165) is 49.3 Å². The van der Waals surface area contributed by atoms with E-state index >= 15 is 0 Å². The Hall–Kier alpha value is -2.89. The van der Waals surface area contributed by atoms with Crippen LogP contribution in [0.3, 0.4) is 0 Å². The van der Waals surface area contributed by atoms with Gasteiger partial charge in [-0.3, -0.25) is 9.78 Å². The molecule has 0 radical (unpaired) electrons. The highest BCUT2D eigenvalue weighted by molar-refractivity contribution is 5.38. The van der Waals surface area contributed by atoms with Gasteiger partial charge in [0, 0.05) is 37.5 Å². The molecule has 30 heavy (non-hydrogen) atoms. The fourth-order valence-electron chi connectivity index (χ4n) is 4.83. The number of rotatable bonds is 5. The van der Waals surface area contributed by atoms with E-state index in [-0.39, 0.29) is 11.5 Å². The van der Waals surface area contributed by atoms with E-state index in [4.69, 9.17) is 0 Å². The van der Waals surface area contributed by atoms with Gasteiger partial charge in [-0.2, -0.15) is 0 Å².